The molecule has 2 heteroatoms. The highest BCUT2D eigenvalue weighted by atomic mass is 16.6. The molecule has 0 unspecified atom stereocenters. The van der Waals surface area contributed by atoms with Crippen molar-refractivity contribution in [3.05, 3.63) is 48.7 Å². The van der Waals surface area contributed by atoms with E-state index < -0.39 is 0 Å². The highest BCUT2D eigenvalue weighted by Crippen LogP contribution is 1.98. The first-order valence-corrected chi connectivity index (χ1v) is 3.45. The molecule has 1 aromatic carbocycles. The fraction of sp³-hybridized carbons (Fsp3) is 0.111. The van der Waals surface area contributed by atoms with Crippen LogP contribution in [0.15, 0.2) is 43.1 Å². The summed E-state index contributed by atoms with van der Waals surface area (Å²) in [6.07, 6.45) is 1.50. The van der Waals surface area contributed by atoms with E-state index in [-0.39, 0.29) is 0 Å². The van der Waals surface area contributed by atoms with E-state index in [1.165, 1.54) is 6.20 Å². The van der Waals surface area contributed by atoms with Crippen molar-refractivity contribution in [1.29, 1.82) is 0 Å². The number of benzene rings is 1. The van der Waals surface area contributed by atoms with Crippen LogP contribution < -0.4 is 5.48 Å². The predicted molar refractivity (Wildman–Crippen MR) is 44.6 cm³/mol. The number of hydrogen-bond donors (Lipinski definition) is 1. The Labute approximate surface area is 66.5 Å². The lowest BCUT2D eigenvalue weighted by Crippen LogP contribution is -2.04. The van der Waals surface area contributed by atoms with E-state index in [1.54, 1.807) is 0 Å². The first-order valence-electron chi connectivity index (χ1n) is 3.45. The van der Waals surface area contributed by atoms with Crippen molar-refractivity contribution in [3.8, 4) is 0 Å². The largest absolute Gasteiger partial charge is 0.275 e. The molecule has 0 radical (unpaired) electrons. The van der Waals surface area contributed by atoms with Gasteiger partial charge in [0.25, 0.3) is 0 Å². The summed E-state index contributed by atoms with van der Waals surface area (Å²) in [5.41, 5.74) is 3.70. The number of hydrogen-bond acceptors (Lipinski definition) is 2. The lowest BCUT2D eigenvalue weighted by atomic mass is 10.2. The molecule has 0 aromatic heterocycles. The highest BCUT2D eigenvalue weighted by molar-refractivity contribution is 5.13. The van der Waals surface area contributed by atoms with Crippen molar-refractivity contribution in [2.24, 2.45) is 0 Å². The highest BCUT2D eigenvalue weighted by Gasteiger charge is 1.87. The third kappa shape index (κ3) is 2.87. The number of nitrogens with one attached hydrogen (secondary N) is 1. The Hall–Kier alpha value is -1.28. The topological polar surface area (TPSA) is 21.3 Å². The van der Waals surface area contributed by atoms with Crippen LogP contribution in [-0.2, 0) is 11.4 Å². The second-order valence-corrected chi connectivity index (χ2v) is 2.10. The summed E-state index contributed by atoms with van der Waals surface area (Å²) >= 11 is 0. The van der Waals surface area contributed by atoms with Gasteiger partial charge in [-0.2, -0.15) is 0 Å². The van der Waals surface area contributed by atoms with E-state index >= 15 is 0 Å². The maximum atomic E-state index is 5.00. The molecule has 0 saturated heterocycles. The van der Waals surface area contributed by atoms with Gasteiger partial charge < -0.3 is 0 Å². The van der Waals surface area contributed by atoms with Crippen LogP contribution in [0.2, 0.25) is 0 Å². The minimum atomic E-state index is 0.562. The molecule has 0 atom stereocenters. The Morgan fingerprint density at radius 3 is 2.73 bits per heavy atom. The van der Waals surface area contributed by atoms with Crippen molar-refractivity contribution < 1.29 is 4.84 Å². The quantitative estimate of drug-likeness (QED) is 0.521. The minimum Gasteiger partial charge on any atom is -0.275 e. The van der Waals surface area contributed by atoms with Gasteiger partial charge in [-0.15, -0.1) is 0 Å². The van der Waals surface area contributed by atoms with Gasteiger partial charge in [-0.25, -0.2) is 0 Å². The van der Waals surface area contributed by atoms with E-state index in [2.05, 4.69) is 12.1 Å². The van der Waals surface area contributed by atoms with Crippen LogP contribution in [-0.4, -0.2) is 0 Å². The lowest BCUT2D eigenvalue weighted by molar-refractivity contribution is 0.0578. The fourth-order valence-electron chi connectivity index (χ4n) is 0.758. The van der Waals surface area contributed by atoms with Gasteiger partial charge in [0.05, 0.1) is 6.61 Å². The first kappa shape index (κ1) is 7.82. The standard InChI is InChI=1S/C9H11NO/c1-2-10-11-8-9-6-4-3-5-7-9/h2-7,10H,1,8H2. The van der Waals surface area contributed by atoms with Gasteiger partial charge in [0.2, 0.25) is 0 Å². The number of rotatable bonds is 4. The lowest BCUT2D eigenvalue weighted by Gasteiger charge is -2.00. The van der Waals surface area contributed by atoms with E-state index in [0.717, 1.165) is 5.56 Å². The molecule has 1 N–H and O–H groups in total. The van der Waals surface area contributed by atoms with Crippen LogP contribution in [0, 0.1) is 0 Å². The Balaban J connectivity index is 2.33. The molecule has 1 aromatic rings. The second-order valence-electron chi connectivity index (χ2n) is 2.10. The van der Waals surface area contributed by atoms with Crippen molar-refractivity contribution in [2.45, 2.75) is 6.61 Å². The fourth-order valence-corrected chi connectivity index (χ4v) is 0.758. The van der Waals surface area contributed by atoms with E-state index in [1.807, 2.05) is 30.3 Å². The van der Waals surface area contributed by atoms with Crippen molar-refractivity contribution >= 4 is 0 Å². The molecule has 0 aliphatic heterocycles. The zero-order chi connectivity index (χ0) is 7.94. The molecule has 0 amide bonds. The van der Waals surface area contributed by atoms with Gasteiger partial charge in [0, 0.05) is 6.20 Å². The molecular weight excluding hydrogens is 138 g/mol. The molecular formula is C9H11NO. The molecule has 0 bridgehead atoms. The molecule has 0 aliphatic rings. The summed E-state index contributed by atoms with van der Waals surface area (Å²) in [5.74, 6) is 0. The molecule has 0 spiro atoms. The maximum absolute atomic E-state index is 5.00. The van der Waals surface area contributed by atoms with Crippen LogP contribution in [0.1, 0.15) is 5.56 Å². The SMILES string of the molecule is C=CNOCc1ccccc1. The van der Waals surface area contributed by atoms with Crippen molar-refractivity contribution in [3.63, 3.8) is 0 Å². The third-order valence-electron chi connectivity index (χ3n) is 1.25. The smallest absolute Gasteiger partial charge is 0.0996 e. The van der Waals surface area contributed by atoms with Crippen LogP contribution >= 0.6 is 0 Å². The van der Waals surface area contributed by atoms with Gasteiger partial charge in [0.1, 0.15) is 0 Å². The molecule has 2 nitrogen and oxygen atoms in total. The van der Waals surface area contributed by atoms with Crippen molar-refractivity contribution in [1.82, 2.24) is 5.48 Å². The summed E-state index contributed by atoms with van der Waals surface area (Å²) < 4.78 is 0. The average molecular weight is 149 g/mol. The second kappa shape index (κ2) is 4.52. The molecule has 0 saturated carbocycles. The summed E-state index contributed by atoms with van der Waals surface area (Å²) in [6.45, 7) is 4.02. The monoisotopic (exact) mass is 149 g/mol. The Morgan fingerprint density at radius 2 is 2.09 bits per heavy atom. The zero-order valence-electron chi connectivity index (χ0n) is 6.29. The van der Waals surface area contributed by atoms with Crippen LogP contribution in [0.25, 0.3) is 0 Å². The van der Waals surface area contributed by atoms with E-state index in [0.29, 0.717) is 6.61 Å². The predicted octanol–water partition coefficient (Wildman–Crippen LogP) is 1.85. The summed E-state index contributed by atoms with van der Waals surface area (Å²) in [6, 6.07) is 9.94. The molecule has 0 fully saturated rings. The van der Waals surface area contributed by atoms with Crippen molar-refractivity contribution in [2.75, 3.05) is 0 Å². The molecule has 1 rings (SSSR count). The van der Waals surface area contributed by atoms with Crippen LogP contribution in [0.3, 0.4) is 0 Å². The Kier molecular flexibility index (Phi) is 3.22. The molecule has 11 heavy (non-hydrogen) atoms. The first-order chi connectivity index (χ1) is 5.43. The average Bonchev–Trinajstić information content (AvgIpc) is 2.07. The summed E-state index contributed by atoms with van der Waals surface area (Å²) in [7, 11) is 0. The normalized spacial score (nSPS) is 9.09. The van der Waals surface area contributed by atoms with E-state index in [9.17, 15) is 0 Å². The van der Waals surface area contributed by atoms with Gasteiger partial charge in [-0.3, -0.25) is 10.3 Å². The Bertz CT molecular complexity index is 208. The van der Waals surface area contributed by atoms with Gasteiger partial charge in [-0.05, 0) is 5.56 Å². The zero-order valence-corrected chi connectivity index (χ0v) is 6.29. The Morgan fingerprint density at radius 1 is 1.36 bits per heavy atom. The molecule has 0 aliphatic carbocycles. The number of hydroxylamine groups is 1. The van der Waals surface area contributed by atoms with Gasteiger partial charge in [-0.1, -0.05) is 36.9 Å². The van der Waals surface area contributed by atoms with E-state index in [4.69, 9.17) is 4.84 Å². The third-order valence-corrected chi connectivity index (χ3v) is 1.25. The van der Waals surface area contributed by atoms with Crippen LogP contribution in [0.5, 0.6) is 0 Å². The van der Waals surface area contributed by atoms with Crippen LogP contribution in [0.4, 0.5) is 0 Å². The van der Waals surface area contributed by atoms with Gasteiger partial charge in [0.15, 0.2) is 0 Å². The maximum Gasteiger partial charge on any atom is 0.0996 e. The summed E-state index contributed by atoms with van der Waals surface area (Å²) in [4.78, 5) is 5.00. The van der Waals surface area contributed by atoms with Gasteiger partial charge >= 0.3 is 0 Å². The minimum absolute atomic E-state index is 0.562. The summed E-state index contributed by atoms with van der Waals surface area (Å²) in [5, 5.41) is 0. The molecule has 0 heterocycles. The molecule has 58 valence electrons.